The Hall–Kier alpha value is -3.34. The number of amides is 1. The van der Waals surface area contributed by atoms with E-state index in [-0.39, 0.29) is 24.4 Å². The highest BCUT2D eigenvalue weighted by atomic mass is 35.5. The van der Waals surface area contributed by atoms with Crippen LogP contribution in [0.5, 0.6) is 5.75 Å². The van der Waals surface area contributed by atoms with Crippen molar-refractivity contribution in [2.75, 3.05) is 17.7 Å². The van der Waals surface area contributed by atoms with Gasteiger partial charge in [-0.1, -0.05) is 53.7 Å². The Morgan fingerprint density at radius 1 is 1.15 bits per heavy atom. The number of halogens is 1. The smallest absolute Gasteiger partial charge is 0.341 e. The molecule has 1 amide bonds. The van der Waals surface area contributed by atoms with Gasteiger partial charge in [0.2, 0.25) is 5.91 Å². The Morgan fingerprint density at radius 3 is 2.62 bits per heavy atom. The van der Waals surface area contributed by atoms with E-state index < -0.39 is 5.97 Å². The van der Waals surface area contributed by atoms with Crippen molar-refractivity contribution in [3.05, 3.63) is 75.9 Å². The van der Waals surface area contributed by atoms with Crippen LogP contribution in [0.4, 0.5) is 5.00 Å². The summed E-state index contributed by atoms with van der Waals surface area (Å²) in [7, 11) is 0. The quantitative estimate of drug-likeness (QED) is 0.149. The highest BCUT2D eigenvalue weighted by molar-refractivity contribution is 7.99. The van der Waals surface area contributed by atoms with E-state index in [9.17, 15) is 9.59 Å². The number of carbonyl (C=O) groups excluding carboxylic acids is 2. The number of aryl methyl sites for hydroxylation is 1. The van der Waals surface area contributed by atoms with Gasteiger partial charge in [-0.2, -0.15) is 0 Å². The molecule has 204 valence electrons. The van der Waals surface area contributed by atoms with Crippen molar-refractivity contribution in [3.63, 3.8) is 0 Å². The molecule has 8 nitrogen and oxygen atoms in total. The standard InChI is InChI=1S/C28H29ClN4O4S2/c1-5-33-25(18(4)37-20-12-13-22(29)17(3)14-20)31-32-28(33)39-16-23(34)30-26-24(27(35)36-6-2)21(15-38-26)19-10-8-7-9-11-19/h7-15,18H,5-6,16H2,1-4H3,(H,30,34). The number of ether oxygens (including phenoxy) is 2. The van der Waals surface area contributed by atoms with Gasteiger partial charge >= 0.3 is 5.97 Å². The molecule has 11 heteroatoms. The van der Waals surface area contributed by atoms with E-state index in [0.717, 1.165) is 16.7 Å². The van der Waals surface area contributed by atoms with Crippen LogP contribution in [-0.4, -0.2) is 39.0 Å². The largest absolute Gasteiger partial charge is 0.483 e. The first-order valence-electron chi connectivity index (χ1n) is 12.4. The summed E-state index contributed by atoms with van der Waals surface area (Å²) >= 11 is 8.69. The lowest BCUT2D eigenvalue weighted by atomic mass is 10.0. The summed E-state index contributed by atoms with van der Waals surface area (Å²) in [5.74, 6) is 0.695. The molecular formula is C28H29ClN4O4S2. The van der Waals surface area contributed by atoms with Crippen molar-refractivity contribution in [1.29, 1.82) is 0 Å². The molecule has 1 N–H and O–H groups in total. The van der Waals surface area contributed by atoms with Crippen LogP contribution in [-0.2, 0) is 16.1 Å². The second-order valence-corrected chi connectivity index (χ2v) is 10.8. The lowest BCUT2D eigenvalue weighted by Gasteiger charge is -2.16. The highest BCUT2D eigenvalue weighted by Crippen LogP contribution is 2.36. The molecule has 0 saturated heterocycles. The predicted octanol–water partition coefficient (Wildman–Crippen LogP) is 7.04. The number of aromatic nitrogens is 3. The molecule has 1 unspecified atom stereocenters. The van der Waals surface area contributed by atoms with Crippen LogP contribution in [0.2, 0.25) is 5.02 Å². The molecule has 0 spiro atoms. The van der Waals surface area contributed by atoms with E-state index in [2.05, 4.69) is 15.5 Å². The number of carbonyl (C=O) groups is 2. The Morgan fingerprint density at radius 2 is 1.92 bits per heavy atom. The molecule has 1 atom stereocenters. The molecule has 0 radical (unpaired) electrons. The van der Waals surface area contributed by atoms with Crippen LogP contribution >= 0.6 is 34.7 Å². The lowest BCUT2D eigenvalue weighted by molar-refractivity contribution is -0.113. The number of hydrogen-bond acceptors (Lipinski definition) is 8. The predicted molar refractivity (Wildman–Crippen MR) is 156 cm³/mol. The van der Waals surface area contributed by atoms with Crippen LogP contribution in [0.15, 0.2) is 59.1 Å². The molecule has 0 aliphatic carbocycles. The summed E-state index contributed by atoms with van der Waals surface area (Å²) in [5, 5.41) is 15.1. The van der Waals surface area contributed by atoms with Crippen molar-refractivity contribution in [2.24, 2.45) is 0 Å². The van der Waals surface area contributed by atoms with Crippen molar-refractivity contribution in [3.8, 4) is 16.9 Å². The molecule has 2 heterocycles. The first-order chi connectivity index (χ1) is 18.8. The fourth-order valence-electron chi connectivity index (χ4n) is 3.93. The van der Waals surface area contributed by atoms with Gasteiger partial charge in [-0.05, 0) is 57.0 Å². The maximum Gasteiger partial charge on any atom is 0.341 e. The van der Waals surface area contributed by atoms with E-state index in [1.807, 2.05) is 73.2 Å². The zero-order valence-corrected chi connectivity index (χ0v) is 24.5. The van der Waals surface area contributed by atoms with Gasteiger partial charge in [-0.15, -0.1) is 21.5 Å². The summed E-state index contributed by atoms with van der Waals surface area (Å²) in [4.78, 5) is 25.7. The first-order valence-corrected chi connectivity index (χ1v) is 14.7. The summed E-state index contributed by atoms with van der Waals surface area (Å²) in [5.41, 5.74) is 2.88. The van der Waals surface area contributed by atoms with E-state index in [1.54, 1.807) is 13.0 Å². The summed E-state index contributed by atoms with van der Waals surface area (Å²) < 4.78 is 13.3. The van der Waals surface area contributed by atoms with Gasteiger partial charge in [0.05, 0.1) is 12.4 Å². The minimum absolute atomic E-state index is 0.0879. The number of nitrogens with zero attached hydrogens (tertiary/aromatic N) is 3. The molecular weight excluding hydrogens is 556 g/mol. The average Bonchev–Trinajstić information content (AvgIpc) is 3.54. The zero-order valence-electron chi connectivity index (χ0n) is 22.1. The van der Waals surface area contributed by atoms with Crippen molar-refractivity contribution in [2.45, 2.75) is 45.5 Å². The van der Waals surface area contributed by atoms with Crippen LogP contribution in [0.3, 0.4) is 0 Å². The number of hydrogen-bond donors (Lipinski definition) is 1. The van der Waals surface area contributed by atoms with Gasteiger partial charge in [0, 0.05) is 22.5 Å². The summed E-state index contributed by atoms with van der Waals surface area (Å²) in [6.07, 6.45) is -0.365. The molecule has 39 heavy (non-hydrogen) atoms. The third-order valence-electron chi connectivity index (χ3n) is 5.81. The van der Waals surface area contributed by atoms with Gasteiger partial charge in [-0.25, -0.2) is 4.79 Å². The van der Waals surface area contributed by atoms with Gasteiger partial charge in [0.1, 0.15) is 16.3 Å². The number of nitrogens with one attached hydrogen (secondary N) is 1. The third kappa shape index (κ3) is 6.81. The first kappa shape index (κ1) is 28.7. The molecule has 0 saturated carbocycles. The van der Waals surface area contributed by atoms with Gasteiger partial charge < -0.3 is 19.4 Å². The number of benzene rings is 2. The minimum atomic E-state index is -0.471. The highest BCUT2D eigenvalue weighted by Gasteiger charge is 2.24. The van der Waals surface area contributed by atoms with Crippen molar-refractivity contribution >= 4 is 51.6 Å². The Labute approximate surface area is 240 Å². The summed E-state index contributed by atoms with van der Waals surface area (Å²) in [6, 6.07) is 15.0. The van der Waals surface area contributed by atoms with E-state index in [4.69, 9.17) is 21.1 Å². The zero-order chi connectivity index (χ0) is 27.9. The number of thiophene rings is 1. The van der Waals surface area contributed by atoms with E-state index >= 15 is 0 Å². The average molecular weight is 585 g/mol. The van der Waals surface area contributed by atoms with Gasteiger partial charge in [0.25, 0.3) is 0 Å². The molecule has 4 aromatic rings. The molecule has 2 aromatic heterocycles. The normalized spacial score (nSPS) is 11.7. The maximum absolute atomic E-state index is 12.9. The van der Waals surface area contributed by atoms with Crippen LogP contribution in [0.25, 0.3) is 11.1 Å². The Balaban J connectivity index is 1.45. The third-order valence-corrected chi connectivity index (χ3v) is 8.09. The SMILES string of the molecule is CCOC(=O)c1c(-c2ccccc2)csc1NC(=O)CSc1nnc(C(C)Oc2ccc(Cl)c(C)c2)n1CC. The number of thioether (sulfide) groups is 1. The van der Waals surface area contributed by atoms with Gasteiger partial charge in [0.15, 0.2) is 17.1 Å². The second-order valence-electron chi connectivity index (χ2n) is 8.53. The second kappa shape index (κ2) is 13.1. The van der Waals surface area contributed by atoms with Gasteiger partial charge in [-0.3, -0.25) is 4.79 Å². The molecule has 4 rings (SSSR count). The molecule has 0 aliphatic heterocycles. The molecule has 2 aromatic carbocycles. The number of anilines is 1. The van der Waals surface area contributed by atoms with E-state index in [1.165, 1.54) is 23.1 Å². The lowest BCUT2D eigenvalue weighted by Crippen LogP contribution is -2.17. The Kier molecular flexibility index (Phi) is 9.66. The van der Waals surface area contributed by atoms with Crippen LogP contribution in [0.1, 0.15) is 48.6 Å². The molecule has 0 fully saturated rings. The maximum atomic E-state index is 12.9. The van der Waals surface area contributed by atoms with Crippen molar-refractivity contribution < 1.29 is 19.1 Å². The number of esters is 1. The monoisotopic (exact) mass is 584 g/mol. The van der Waals surface area contributed by atoms with E-state index in [0.29, 0.717) is 38.9 Å². The minimum Gasteiger partial charge on any atom is -0.483 e. The topological polar surface area (TPSA) is 95.3 Å². The fourth-order valence-corrected chi connectivity index (χ4v) is 5.83. The Bertz CT molecular complexity index is 1460. The molecule has 0 bridgehead atoms. The summed E-state index contributed by atoms with van der Waals surface area (Å²) in [6.45, 7) is 8.40. The van der Waals surface area contributed by atoms with Crippen molar-refractivity contribution in [1.82, 2.24) is 14.8 Å². The number of rotatable bonds is 11. The fraction of sp³-hybridized carbons (Fsp3) is 0.286. The van der Waals surface area contributed by atoms with Crippen LogP contribution in [0, 0.1) is 6.92 Å². The molecule has 0 aliphatic rings. The van der Waals surface area contributed by atoms with Crippen LogP contribution < -0.4 is 10.1 Å².